The topological polar surface area (TPSA) is 71.5 Å². The monoisotopic (exact) mass is 414 g/mol. The normalized spacial score (nSPS) is 22.8. The van der Waals surface area contributed by atoms with Gasteiger partial charge in [-0.2, -0.15) is 0 Å². The minimum Gasteiger partial charge on any atom is -0.476 e. The fourth-order valence-electron chi connectivity index (χ4n) is 3.83. The van der Waals surface area contributed by atoms with Gasteiger partial charge in [-0.15, -0.1) is 24.5 Å². The van der Waals surface area contributed by atoms with E-state index in [-0.39, 0.29) is 11.4 Å². The minimum atomic E-state index is -4.63. The van der Waals surface area contributed by atoms with Gasteiger partial charge in [0, 0.05) is 11.9 Å². The van der Waals surface area contributed by atoms with Crippen LogP contribution in [-0.2, 0) is 6.54 Å². The van der Waals surface area contributed by atoms with Gasteiger partial charge in [-0.05, 0) is 54.8 Å². The number of benzene rings is 1. The van der Waals surface area contributed by atoms with E-state index in [1.54, 1.807) is 6.07 Å². The fraction of sp³-hybridized carbons (Fsp3) is 0.474. The summed E-state index contributed by atoms with van der Waals surface area (Å²) >= 11 is 1.28. The first-order valence-corrected chi connectivity index (χ1v) is 9.94. The van der Waals surface area contributed by atoms with E-state index < -0.39 is 12.3 Å². The van der Waals surface area contributed by atoms with Crippen molar-refractivity contribution in [2.45, 2.75) is 32.2 Å². The van der Waals surface area contributed by atoms with Crippen LogP contribution >= 0.6 is 11.3 Å². The third-order valence-corrected chi connectivity index (χ3v) is 5.66. The van der Waals surface area contributed by atoms with Gasteiger partial charge in [-0.3, -0.25) is 0 Å². The lowest BCUT2D eigenvalue weighted by molar-refractivity contribution is -0.274. The highest BCUT2D eigenvalue weighted by Gasteiger charge is 2.51. The summed E-state index contributed by atoms with van der Waals surface area (Å²) < 4.78 is 40.3. The number of ether oxygens (including phenoxy) is 1. The summed E-state index contributed by atoms with van der Waals surface area (Å²) in [5.41, 5.74) is 2.43. The van der Waals surface area contributed by atoms with E-state index in [9.17, 15) is 18.0 Å². The Hall–Kier alpha value is -2.13. The number of rotatable bonds is 6. The minimum absolute atomic E-state index is 0.120. The van der Waals surface area contributed by atoms with E-state index >= 15 is 0 Å². The maximum atomic E-state index is 12.1. The first kappa shape index (κ1) is 20.6. The lowest BCUT2D eigenvalue weighted by Gasteiger charge is -2.11. The molecule has 0 amide bonds. The molecule has 152 valence electrons. The van der Waals surface area contributed by atoms with Crippen molar-refractivity contribution in [1.82, 2.24) is 10.3 Å². The maximum Gasteiger partial charge on any atom is 0.573 e. The molecular weight excluding hydrogens is 393 g/mol. The standard InChI is InChI=1S/C15H18F3NO.C4H3NO2S/c16-15(17,18)20-11-4-1-3-10(7-11)8-19-9-14-12-5-2-6-13(12)14;6-4(7)3-1-8-2-5-3/h1,3-4,7,12-14,19H,2,5-6,8-9H2;1-2H,(H,6,7). The molecule has 2 fully saturated rings. The molecule has 2 aliphatic carbocycles. The number of halogens is 3. The van der Waals surface area contributed by atoms with E-state index in [2.05, 4.69) is 15.0 Å². The second-order valence-electron chi connectivity index (χ2n) is 6.93. The first-order valence-electron chi connectivity index (χ1n) is 9.00. The summed E-state index contributed by atoms with van der Waals surface area (Å²) in [4.78, 5) is 13.5. The van der Waals surface area contributed by atoms with Crippen molar-refractivity contribution in [2.24, 2.45) is 17.8 Å². The Morgan fingerprint density at radius 3 is 2.64 bits per heavy atom. The van der Waals surface area contributed by atoms with Crippen LogP contribution in [0.1, 0.15) is 35.3 Å². The highest BCUT2D eigenvalue weighted by molar-refractivity contribution is 7.07. The van der Waals surface area contributed by atoms with Crippen molar-refractivity contribution in [2.75, 3.05) is 6.54 Å². The van der Waals surface area contributed by atoms with Crippen LogP contribution in [0.5, 0.6) is 5.75 Å². The summed E-state index contributed by atoms with van der Waals surface area (Å²) in [6.07, 6.45) is -0.558. The smallest absolute Gasteiger partial charge is 0.476 e. The summed E-state index contributed by atoms with van der Waals surface area (Å²) in [5.74, 6) is 1.48. The number of carbonyl (C=O) groups is 1. The number of hydrogen-bond acceptors (Lipinski definition) is 5. The second kappa shape index (κ2) is 8.91. The number of thiazole rings is 1. The molecule has 0 saturated heterocycles. The Morgan fingerprint density at radius 2 is 2.07 bits per heavy atom. The summed E-state index contributed by atoms with van der Waals surface area (Å²) in [6.45, 7) is 1.56. The molecule has 1 heterocycles. The number of carboxylic acids is 1. The SMILES string of the molecule is FC(F)(F)Oc1cccc(CNCC2C3CCCC32)c1.O=C(O)c1cscn1. The van der Waals surface area contributed by atoms with Gasteiger partial charge in [-0.25, -0.2) is 9.78 Å². The molecule has 0 aliphatic heterocycles. The van der Waals surface area contributed by atoms with Crippen LogP contribution in [0.3, 0.4) is 0 Å². The molecule has 2 aliphatic rings. The Bertz CT molecular complexity index is 773. The molecule has 5 nitrogen and oxygen atoms in total. The molecule has 9 heteroatoms. The number of hydrogen-bond donors (Lipinski definition) is 2. The van der Waals surface area contributed by atoms with Crippen molar-refractivity contribution in [1.29, 1.82) is 0 Å². The Labute approximate surface area is 164 Å². The van der Waals surface area contributed by atoms with Crippen LogP contribution in [0.15, 0.2) is 35.2 Å². The van der Waals surface area contributed by atoms with E-state index in [1.807, 2.05) is 6.07 Å². The van der Waals surface area contributed by atoms with Crippen molar-refractivity contribution in [3.8, 4) is 5.75 Å². The van der Waals surface area contributed by atoms with Gasteiger partial charge in [0.15, 0.2) is 5.69 Å². The lowest BCUT2D eigenvalue weighted by atomic mass is 10.1. The van der Waals surface area contributed by atoms with Crippen LogP contribution < -0.4 is 10.1 Å². The van der Waals surface area contributed by atoms with Gasteiger partial charge in [0.05, 0.1) is 5.51 Å². The van der Waals surface area contributed by atoms with Crippen molar-refractivity contribution in [3.05, 3.63) is 46.4 Å². The van der Waals surface area contributed by atoms with Crippen molar-refractivity contribution in [3.63, 3.8) is 0 Å². The third kappa shape index (κ3) is 5.93. The van der Waals surface area contributed by atoms with Crippen LogP contribution in [0.4, 0.5) is 13.2 Å². The molecule has 2 atom stereocenters. The highest BCUT2D eigenvalue weighted by Crippen LogP contribution is 2.57. The summed E-state index contributed by atoms with van der Waals surface area (Å²) in [7, 11) is 0. The molecule has 0 bridgehead atoms. The number of nitrogens with zero attached hydrogens (tertiary/aromatic N) is 1. The zero-order chi connectivity index (χ0) is 20.1. The Kier molecular flexibility index (Phi) is 6.56. The van der Waals surface area contributed by atoms with Crippen LogP contribution in [0.25, 0.3) is 0 Å². The average molecular weight is 414 g/mol. The van der Waals surface area contributed by atoms with Gasteiger partial charge in [0.2, 0.25) is 0 Å². The summed E-state index contributed by atoms with van der Waals surface area (Å²) in [6, 6.07) is 6.16. The second-order valence-corrected chi connectivity index (χ2v) is 7.65. The first-order chi connectivity index (χ1) is 13.3. The molecule has 28 heavy (non-hydrogen) atoms. The molecule has 2 N–H and O–H groups in total. The Morgan fingerprint density at radius 1 is 1.32 bits per heavy atom. The molecule has 0 spiro atoms. The molecule has 4 rings (SSSR count). The van der Waals surface area contributed by atoms with Gasteiger partial charge in [0.1, 0.15) is 5.75 Å². The number of alkyl halides is 3. The summed E-state index contributed by atoms with van der Waals surface area (Å²) in [5, 5.41) is 13.1. The van der Waals surface area contributed by atoms with Gasteiger partial charge in [0.25, 0.3) is 0 Å². The number of carboxylic acid groups (broad SMARTS) is 1. The predicted octanol–water partition coefficient (Wildman–Crippen LogP) is 4.56. The van der Waals surface area contributed by atoms with Crippen LogP contribution in [-0.4, -0.2) is 29.0 Å². The van der Waals surface area contributed by atoms with E-state index in [0.29, 0.717) is 6.54 Å². The number of nitrogens with one attached hydrogen (secondary N) is 1. The molecule has 2 unspecified atom stereocenters. The maximum absolute atomic E-state index is 12.1. The van der Waals surface area contributed by atoms with Gasteiger partial charge < -0.3 is 15.2 Å². The molecule has 1 aromatic carbocycles. The fourth-order valence-corrected chi connectivity index (χ4v) is 4.35. The number of fused-ring (bicyclic) bond motifs is 1. The number of aromatic carboxylic acids is 1. The van der Waals surface area contributed by atoms with Crippen LogP contribution in [0, 0.1) is 17.8 Å². The third-order valence-electron chi connectivity index (χ3n) is 5.08. The molecule has 1 aromatic heterocycles. The van der Waals surface area contributed by atoms with Gasteiger partial charge in [-0.1, -0.05) is 18.6 Å². The largest absolute Gasteiger partial charge is 0.573 e. The molecule has 2 aromatic rings. The van der Waals surface area contributed by atoms with E-state index in [4.69, 9.17) is 5.11 Å². The van der Waals surface area contributed by atoms with Crippen molar-refractivity contribution >= 4 is 17.3 Å². The van der Waals surface area contributed by atoms with E-state index in [1.165, 1.54) is 53.6 Å². The zero-order valence-corrected chi connectivity index (χ0v) is 15.8. The molecule has 0 radical (unpaired) electrons. The zero-order valence-electron chi connectivity index (χ0n) is 15.0. The van der Waals surface area contributed by atoms with Gasteiger partial charge >= 0.3 is 12.3 Å². The molecular formula is C19H21F3N2O3S. The van der Waals surface area contributed by atoms with Crippen molar-refractivity contribution < 1.29 is 27.8 Å². The van der Waals surface area contributed by atoms with E-state index in [0.717, 1.165) is 29.9 Å². The Balaban J connectivity index is 0.000000236. The molecule has 2 saturated carbocycles. The average Bonchev–Trinajstić information content (AvgIpc) is 3.07. The van der Waals surface area contributed by atoms with Crippen LogP contribution in [0.2, 0.25) is 0 Å². The number of aromatic nitrogens is 1. The quantitative estimate of drug-likeness (QED) is 0.725. The highest BCUT2D eigenvalue weighted by atomic mass is 32.1. The lowest BCUT2D eigenvalue weighted by Crippen LogP contribution is -2.19. The predicted molar refractivity (Wildman–Crippen MR) is 98.2 cm³/mol.